The van der Waals surface area contributed by atoms with E-state index in [0.717, 1.165) is 0 Å². The maximum Gasteiger partial charge on any atom is 0.394 e. The van der Waals surface area contributed by atoms with E-state index in [9.17, 15) is 18.0 Å². The second-order valence-electron chi connectivity index (χ2n) is 4.32. The van der Waals surface area contributed by atoms with Crippen LogP contribution in [0.25, 0.3) is 10.9 Å². The number of aromatic nitrogens is 1. The molecule has 3 nitrogen and oxygen atoms in total. The number of alkyl halides is 3. The number of benzene rings is 1. The Balaban J connectivity index is 2.47. The largest absolute Gasteiger partial charge is 0.394 e. The smallest absolute Gasteiger partial charge is 0.347 e. The number of hydrogen-bond donors (Lipinski definition) is 1. The van der Waals surface area contributed by atoms with Crippen molar-refractivity contribution in [1.29, 1.82) is 0 Å². The van der Waals surface area contributed by atoms with Gasteiger partial charge < -0.3 is 10.3 Å². The van der Waals surface area contributed by atoms with Crippen molar-refractivity contribution < 1.29 is 13.2 Å². The summed E-state index contributed by atoms with van der Waals surface area (Å²) in [6.45, 7) is -0.773. The van der Waals surface area contributed by atoms with Gasteiger partial charge in [-0.25, -0.2) is 0 Å². The van der Waals surface area contributed by atoms with E-state index in [-0.39, 0.29) is 12.0 Å². The van der Waals surface area contributed by atoms with Gasteiger partial charge in [0.1, 0.15) is 0 Å². The predicted octanol–water partition coefficient (Wildman–Crippen LogP) is 2.14. The third-order valence-electron chi connectivity index (χ3n) is 3.05. The molecule has 0 fully saturated rings. The Labute approximate surface area is 107 Å². The standard InChI is InChI=1S/C13H13F3N2O/c14-13(15,16)9(7-17)8-18-6-5-12(19)10-3-1-2-4-11(10)18/h1-6,9H,7-8,17H2. The van der Waals surface area contributed by atoms with Crippen LogP contribution in [0.15, 0.2) is 41.3 Å². The van der Waals surface area contributed by atoms with Crippen LogP contribution < -0.4 is 11.2 Å². The van der Waals surface area contributed by atoms with Gasteiger partial charge in [-0.15, -0.1) is 0 Å². The molecule has 1 unspecified atom stereocenters. The molecule has 1 aromatic carbocycles. The molecule has 1 heterocycles. The number of hydrogen-bond acceptors (Lipinski definition) is 2. The van der Waals surface area contributed by atoms with Crippen LogP contribution in [-0.2, 0) is 6.54 Å². The monoisotopic (exact) mass is 270 g/mol. The molecule has 1 aromatic heterocycles. The second kappa shape index (κ2) is 5.05. The molecule has 0 saturated carbocycles. The Bertz CT molecular complexity index is 634. The van der Waals surface area contributed by atoms with Crippen molar-refractivity contribution in [2.45, 2.75) is 12.7 Å². The molecular weight excluding hydrogens is 257 g/mol. The van der Waals surface area contributed by atoms with Gasteiger partial charge in [-0.2, -0.15) is 13.2 Å². The summed E-state index contributed by atoms with van der Waals surface area (Å²) in [5.41, 5.74) is 5.46. The lowest BCUT2D eigenvalue weighted by molar-refractivity contribution is -0.174. The Morgan fingerprint density at radius 1 is 1.21 bits per heavy atom. The van der Waals surface area contributed by atoms with Gasteiger partial charge in [0.2, 0.25) is 0 Å². The van der Waals surface area contributed by atoms with Crippen molar-refractivity contribution in [3.8, 4) is 0 Å². The summed E-state index contributed by atoms with van der Waals surface area (Å²) in [6, 6.07) is 7.85. The molecule has 2 aromatic rings. The molecule has 0 aliphatic carbocycles. The van der Waals surface area contributed by atoms with Crippen LogP contribution in [0.3, 0.4) is 0 Å². The Hall–Kier alpha value is -1.82. The molecule has 2 N–H and O–H groups in total. The highest BCUT2D eigenvalue weighted by Crippen LogP contribution is 2.27. The van der Waals surface area contributed by atoms with E-state index in [2.05, 4.69) is 0 Å². The number of para-hydroxylation sites is 1. The van der Waals surface area contributed by atoms with Crippen molar-refractivity contribution in [1.82, 2.24) is 4.57 Å². The zero-order valence-electron chi connectivity index (χ0n) is 10.0. The summed E-state index contributed by atoms with van der Waals surface area (Å²) in [4.78, 5) is 11.6. The van der Waals surface area contributed by atoms with Crippen molar-refractivity contribution in [3.63, 3.8) is 0 Å². The van der Waals surface area contributed by atoms with E-state index in [1.807, 2.05) is 0 Å². The lowest BCUT2D eigenvalue weighted by atomic mass is 10.1. The molecule has 0 radical (unpaired) electrons. The summed E-state index contributed by atoms with van der Waals surface area (Å²) in [7, 11) is 0. The number of nitrogens with two attached hydrogens (primary N) is 1. The molecule has 0 spiro atoms. The van der Waals surface area contributed by atoms with Crippen molar-refractivity contribution in [2.24, 2.45) is 11.7 Å². The quantitative estimate of drug-likeness (QED) is 0.928. The van der Waals surface area contributed by atoms with E-state index in [1.54, 1.807) is 24.3 Å². The first-order valence-corrected chi connectivity index (χ1v) is 5.78. The van der Waals surface area contributed by atoms with E-state index in [1.165, 1.54) is 16.8 Å². The van der Waals surface area contributed by atoms with Gasteiger partial charge in [0.15, 0.2) is 5.43 Å². The fourth-order valence-corrected chi connectivity index (χ4v) is 1.97. The average Bonchev–Trinajstić information content (AvgIpc) is 2.37. The predicted molar refractivity (Wildman–Crippen MR) is 66.8 cm³/mol. The van der Waals surface area contributed by atoms with E-state index in [4.69, 9.17) is 5.73 Å². The van der Waals surface area contributed by atoms with E-state index >= 15 is 0 Å². The Kier molecular flexibility index (Phi) is 3.61. The summed E-state index contributed by atoms with van der Waals surface area (Å²) in [5, 5.41) is 0.406. The average molecular weight is 270 g/mol. The summed E-state index contributed by atoms with van der Waals surface area (Å²) in [6.07, 6.45) is -2.97. The van der Waals surface area contributed by atoms with Gasteiger partial charge in [-0.05, 0) is 12.1 Å². The summed E-state index contributed by atoms with van der Waals surface area (Å²) < 4.78 is 39.6. The van der Waals surface area contributed by atoms with Crippen LogP contribution in [0.1, 0.15) is 0 Å². The summed E-state index contributed by atoms with van der Waals surface area (Å²) in [5.74, 6) is -1.63. The lowest BCUT2D eigenvalue weighted by Gasteiger charge is -2.21. The fourth-order valence-electron chi connectivity index (χ4n) is 1.97. The van der Waals surface area contributed by atoms with Gasteiger partial charge in [0, 0.05) is 30.7 Å². The maximum absolute atomic E-state index is 12.7. The van der Waals surface area contributed by atoms with Crippen LogP contribution >= 0.6 is 0 Å². The first-order chi connectivity index (χ1) is 8.93. The van der Waals surface area contributed by atoms with Gasteiger partial charge >= 0.3 is 6.18 Å². The Morgan fingerprint density at radius 3 is 2.53 bits per heavy atom. The van der Waals surface area contributed by atoms with E-state index in [0.29, 0.717) is 10.9 Å². The molecule has 0 amide bonds. The molecular formula is C13H13F3N2O. The van der Waals surface area contributed by atoms with Crippen molar-refractivity contribution in [3.05, 3.63) is 46.8 Å². The van der Waals surface area contributed by atoms with Crippen LogP contribution in [0.2, 0.25) is 0 Å². The third-order valence-corrected chi connectivity index (χ3v) is 3.05. The molecule has 0 saturated heterocycles. The number of fused-ring (bicyclic) bond motifs is 1. The minimum absolute atomic E-state index is 0.205. The van der Waals surface area contributed by atoms with Crippen molar-refractivity contribution >= 4 is 10.9 Å². The topological polar surface area (TPSA) is 48.0 Å². The minimum Gasteiger partial charge on any atom is -0.347 e. The van der Waals surface area contributed by atoms with Crippen molar-refractivity contribution in [2.75, 3.05) is 6.54 Å². The number of nitrogens with zero attached hydrogens (tertiary/aromatic N) is 1. The molecule has 0 bridgehead atoms. The molecule has 19 heavy (non-hydrogen) atoms. The third kappa shape index (κ3) is 2.78. The first-order valence-electron chi connectivity index (χ1n) is 5.78. The van der Waals surface area contributed by atoms with Crippen LogP contribution in [0.4, 0.5) is 13.2 Å². The Morgan fingerprint density at radius 2 is 1.89 bits per heavy atom. The molecule has 0 aliphatic rings. The van der Waals surface area contributed by atoms with Gasteiger partial charge in [-0.3, -0.25) is 4.79 Å². The number of pyridine rings is 1. The molecule has 1 atom stereocenters. The van der Waals surface area contributed by atoms with Gasteiger partial charge in [0.25, 0.3) is 0 Å². The second-order valence-corrected chi connectivity index (χ2v) is 4.32. The highest BCUT2D eigenvalue weighted by Gasteiger charge is 2.38. The zero-order valence-corrected chi connectivity index (χ0v) is 10.0. The molecule has 0 aliphatic heterocycles. The maximum atomic E-state index is 12.7. The van der Waals surface area contributed by atoms with E-state index < -0.39 is 18.6 Å². The normalized spacial score (nSPS) is 13.7. The van der Waals surface area contributed by atoms with Gasteiger partial charge in [-0.1, -0.05) is 12.1 Å². The molecule has 2 rings (SSSR count). The number of halogens is 3. The highest BCUT2D eigenvalue weighted by atomic mass is 19.4. The first kappa shape index (κ1) is 13.6. The van der Waals surface area contributed by atoms with Gasteiger partial charge in [0.05, 0.1) is 11.4 Å². The minimum atomic E-state index is -4.35. The number of rotatable bonds is 3. The van der Waals surface area contributed by atoms with Crippen LogP contribution in [0, 0.1) is 5.92 Å². The fraction of sp³-hybridized carbons (Fsp3) is 0.308. The molecule has 102 valence electrons. The highest BCUT2D eigenvalue weighted by molar-refractivity contribution is 5.78. The molecule has 6 heteroatoms. The lowest BCUT2D eigenvalue weighted by Crippen LogP contribution is -2.34. The van der Waals surface area contributed by atoms with Crippen LogP contribution in [0.5, 0.6) is 0 Å². The SMILES string of the molecule is NCC(Cn1ccc(=O)c2ccccc21)C(F)(F)F. The van der Waals surface area contributed by atoms with Crippen LogP contribution in [-0.4, -0.2) is 17.3 Å². The summed E-state index contributed by atoms with van der Waals surface area (Å²) >= 11 is 0. The zero-order chi connectivity index (χ0) is 14.0.